The molecule has 0 aliphatic heterocycles. The van der Waals surface area contributed by atoms with Crippen molar-refractivity contribution in [1.29, 1.82) is 0 Å². The topological polar surface area (TPSA) is 85.1 Å². The summed E-state index contributed by atoms with van der Waals surface area (Å²) in [5, 5.41) is 6.70. The Morgan fingerprint density at radius 1 is 1.15 bits per heavy atom. The van der Waals surface area contributed by atoms with Gasteiger partial charge in [-0.1, -0.05) is 33.2 Å². The van der Waals surface area contributed by atoms with Crippen molar-refractivity contribution in [3.05, 3.63) is 64.5 Å². The van der Waals surface area contributed by atoms with Gasteiger partial charge in [-0.3, -0.25) is 9.59 Å². The molecule has 1 heterocycles. The highest BCUT2D eigenvalue weighted by molar-refractivity contribution is 9.10. The van der Waals surface area contributed by atoms with Crippen molar-refractivity contribution in [2.24, 2.45) is 0 Å². The second kappa shape index (κ2) is 8.05. The molecule has 1 N–H and O–H groups in total. The molecule has 6 nitrogen and oxygen atoms in total. The molecule has 0 unspecified atom stereocenters. The molecule has 1 aromatic heterocycles. The molecule has 3 rings (SSSR count). The molecule has 1 amide bonds. The van der Waals surface area contributed by atoms with Crippen LogP contribution in [0.2, 0.25) is 0 Å². The van der Waals surface area contributed by atoms with Crippen LogP contribution in [0.3, 0.4) is 0 Å². The average Bonchev–Trinajstić information content (AvgIpc) is 3.10. The van der Waals surface area contributed by atoms with Crippen LogP contribution >= 0.6 is 15.9 Å². The van der Waals surface area contributed by atoms with E-state index in [0.29, 0.717) is 29.4 Å². The molecule has 2 aromatic carbocycles. The number of amides is 1. The van der Waals surface area contributed by atoms with E-state index in [1.54, 1.807) is 24.3 Å². The van der Waals surface area contributed by atoms with Crippen LogP contribution in [-0.2, 0) is 11.2 Å². The van der Waals surface area contributed by atoms with Gasteiger partial charge in [0.15, 0.2) is 5.78 Å². The lowest BCUT2D eigenvalue weighted by Gasteiger charge is -2.05. The summed E-state index contributed by atoms with van der Waals surface area (Å²) in [6, 6.07) is 14.4. The monoisotopic (exact) mass is 413 g/mol. The van der Waals surface area contributed by atoms with Crippen LogP contribution in [0.4, 0.5) is 5.69 Å². The van der Waals surface area contributed by atoms with Crippen molar-refractivity contribution in [3.8, 4) is 11.4 Å². The maximum Gasteiger partial charge on any atom is 0.227 e. The van der Waals surface area contributed by atoms with E-state index in [4.69, 9.17) is 4.52 Å². The van der Waals surface area contributed by atoms with E-state index in [2.05, 4.69) is 31.4 Å². The number of hydrogen-bond donors (Lipinski definition) is 1. The first-order valence-corrected chi connectivity index (χ1v) is 8.80. The minimum Gasteiger partial charge on any atom is -0.339 e. The van der Waals surface area contributed by atoms with Gasteiger partial charge >= 0.3 is 0 Å². The summed E-state index contributed by atoms with van der Waals surface area (Å²) in [7, 11) is 0. The van der Waals surface area contributed by atoms with Gasteiger partial charge in [-0.25, -0.2) is 0 Å². The zero-order valence-corrected chi connectivity index (χ0v) is 15.6. The maximum absolute atomic E-state index is 12.1. The molecular formula is C19H16BrN3O3. The number of hydrogen-bond acceptors (Lipinski definition) is 5. The first-order chi connectivity index (χ1) is 12.5. The molecule has 132 valence electrons. The van der Waals surface area contributed by atoms with E-state index < -0.39 is 0 Å². The zero-order valence-electron chi connectivity index (χ0n) is 14.0. The van der Waals surface area contributed by atoms with E-state index in [-0.39, 0.29) is 18.1 Å². The van der Waals surface area contributed by atoms with Gasteiger partial charge in [-0.05, 0) is 43.3 Å². The second-order valence-electron chi connectivity index (χ2n) is 5.70. The number of carbonyl (C=O) groups excluding carboxylic acids is 2. The molecule has 0 saturated carbocycles. The third-order valence-electron chi connectivity index (χ3n) is 3.69. The Bertz CT molecular complexity index is 935. The van der Waals surface area contributed by atoms with Crippen molar-refractivity contribution >= 4 is 33.3 Å². The van der Waals surface area contributed by atoms with Crippen LogP contribution in [0.1, 0.15) is 29.6 Å². The molecule has 0 atom stereocenters. The van der Waals surface area contributed by atoms with Crippen molar-refractivity contribution in [2.45, 2.75) is 19.8 Å². The highest BCUT2D eigenvalue weighted by Gasteiger charge is 2.11. The Labute approximate surface area is 158 Å². The number of ketones is 1. The molecule has 3 aromatic rings. The maximum atomic E-state index is 12.1. The molecule has 0 bridgehead atoms. The number of nitrogens with zero attached hydrogens (tertiary/aromatic N) is 2. The summed E-state index contributed by atoms with van der Waals surface area (Å²) in [6.07, 6.45) is 0.536. The van der Waals surface area contributed by atoms with Gasteiger partial charge in [0.2, 0.25) is 17.6 Å². The quantitative estimate of drug-likeness (QED) is 0.609. The summed E-state index contributed by atoms with van der Waals surface area (Å²) in [4.78, 5) is 27.8. The molecule has 0 spiro atoms. The third kappa shape index (κ3) is 4.64. The summed E-state index contributed by atoms with van der Waals surface area (Å²) < 4.78 is 6.17. The molecule has 0 fully saturated rings. The van der Waals surface area contributed by atoms with Crippen LogP contribution in [0.15, 0.2) is 57.5 Å². The van der Waals surface area contributed by atoms with E-state index in [0.717, 1.165) is 10.0 Å². The standard InChI is InChI=1S/C19H16BrN3O3/c1-12(24)14-3-2-4-16(11-14)21-17(25)9-10-18-22-19(23-26-18)13-5-7-15(20)8-6-13/h2-8,11H,9-10H2,1H3,(H,21,25). The van der Waals surface area contributed by atoms with Gasteiger partial charge in [-0.2, -0.15) is 4.98 Å². The Balaban J connectivity index is 1.57. The lowest BCUT2D eigenvalue weighted by molar-refractivity contribution is -0.116. The number of carbonyl (C=O) groups is 2. The summed E-state index contributed by atoms with van der Waals surface area (Å²) in [5.41, 5.74) is 1.98. The van der Waals surface area contributed by atoms with E-state index >= 15 is 0 Å². The fourth-order valence-electron chi connectivity index (χ4n) is 2.33. The Morgan fingerprint density at radius 3 is 2.65 bits per heavy atom. The SMILES string of the molecule is CC(=O)c1cccc(NC(=O)CCc2nc(-c3ccc(Br)cc3)no2)c1. The summed E-state index contributed by atoms with van der Waals surface area (Å²) in [6.45, 7) is 1.49. The van der Waals surface area contributed by atoms with E-state index in [9.17, 15) is 9.59 Å². The largest absolute Gasteiger partial charge is 0.339 e. The van der Waals surface area contributed by atoms with Crippen LogP contribution < -0.4 is 5.32 Å². The first-order valence-electron chi connectivity index (χ1n) is 8.00. The molecule has 0 radical (unpaired) electrons. The molecule has 0 aliphatic rings. The molecule has 0 aliphatic carbocycles. The Hall–Kier alpha value is -2.80. The number of aromatic nitrogens is 2. The second-order valence-corrected chi connectivity index (χ2v) is 6.62. The third-order valence-corrected chi connectivity index (χ3v) is 4.22. The molecule has 0 saturated heterocycles. The van der Waals surface area contributed by atoms with Crippen molar-refractivity contribution in [2.75, 3.05) is 5.32 Å². The average molecular weight is 414 g/mol. The number of anilines is 1. The highest BCUT2D eigenvalue weighted by Crippen LogP contribution is 2.19. The Morgan fingerprint density at radius 2 is 1.92 bits per heavy atom. The predicted molar refractivity (Wildman–Crippen MR) is 101 cm³/mol. The van der Waals surface area contributed by atoms with Crippen molar-refractivity contribution < 1.29 is 14.1 Å². The lowest BCUT2D eigenvalue weighted by atomic mass is 10.1. The number of Topliss-reactive ketones (excluding diaryl/α,β-unsaturated/α-hetero) is 1. The van der Waals surface area contributed by atoms with Crippen LogP contribution in [0, 0.1) is 0 Å². The Kier molecular flexibility index (Phi) is 5.58. The summed E-state index contributed by atoms with van der Waals surface area (Å²) >= 11 is 3.38. The zero-order chi connectivity index (χ0) is 18.5. The lowest BCUT2D eigenvalue weighted by Crippen LogP contribution is -2.12. The van der Waals surface area contributed by atoms with E-state index in [1.807, 2.05) is 24.3 Å². The molecule has 7 heteroatoms. The molecule has 26 heavy (non-hydrogen) atoms. The normalized spacial score (nSPS) is 10.5. The van der Waals surface area contributed by atoms with Gasteiger partial charge in [0, 0.05) is 34.1 Å². The highest BCUT2D eigenvalue weighted by atomic mass is 79.9. The van der Waals surface area contributed by atoms with Crippen LogP contribution in [0.25, 0.3) is 11.4 Å². The van der Waals surface area contributed by atoms with Crippen LogP contribution in [0.5, 0.6) is 0 Å². The first kappa shape index (κ1) is 18.0. The summed E-state index contributed by atoms with van der Waals surface area (Å²) in [5.74, 6) is 0.652. The number of aryl methyl sites for hydroxylation is 1. The number of benzene rings is 2. The van der Waals surface area contributed by atoms with Gasteiger partial charge in [0.05, 0.1) is 0 Å². The minimum absolute atomic E-state index is 0.0487. The van der Waals surface area contributed by atoms with Gasteiger partial charge in [0.25, 0.3) is 0 Å². The smallest absolute Gasteiger partial charge is 0.227 e. The fraction of sp³-hybridized carbons (Fsp3) is 0.158. The minimum atomic E-state index is -0.186. The fourth-order valence-corrected chi connectivity index (χ4v) is 2.60. The number of nitrogens with one attached hydrogen (secondary N) is 1. The van der Waals surface area contributed by atoms with E-state index in [1.165, 1.54) is 6.92 Å². The van der Waals surface area contributed by atoms with Crippen molar-refractivity contribution in [3.63, 3.8) is 0 Å². The van der Waals surface area contributed by atoms with Crippen molar-refractivity contribution in [1.82, 2.24) is 10.1 Å². The van der Waals surface area contributed by atoms with Gasteiger partial charge in [0.1, 0.15) is 0 Å². The number of halogens is 1. The number of rotatable bonds is 6. The van der Waals surface area contributed by atoms with Gasteiger partial charge < -0.3 is 9.84 Å². The molecular weight excluding hydrogens is 398 g/mol. The predicted octanol–water partition coefficient (Wildman–Crippen LogP) is 4.27. The van der Waals surface area contributed by atoms with Gasteiger partial charge in [-0.15, -0.1) is 0 Å². The van der Waals surface area contributed by atoms with Crippen LogP contribution in [-0.4, -0.2) is 21.8 Å².